The summed E-state index contributed by atoms with van der Waals surface area (Å²) in [5.74, 6) is -1.75. The van der Waals surface area contributed by atoms with E-state index >= 15 is 0 Å². The second kappa shape index (κ2) is 7.81. The number of amides is 2. The first-order chi connectivity index (χ1) is 12.1. The molecule has 2 rings (SSSR count). The number of hydrogen-bond acceptors (Lipinski definition) is 2. The fourth-order valence-corrected chi connectivity index (χ4v) is 2.09. The summed E-state index contributed by atoms with van der Waals surface area (Å²) >= 11 is 0. The summed E-state index contributed by atoms with van der Waals surface area (Å²) in [6, 6.07) is 8.26. The van der Waals surface area contributed by atoms with Crippen molar-refractivity contribution in [2.75, 3.05) is 10.6 Å². The first kappa shape index (κ1) is 19.2. The van der Waals surface area contributed by atoms with Gasteiger partial charge in [0.25, 0.3) is 0 Å². The Labute approximate surface area is 146 Å². The molecule has 0 saturated heterocycles. The lowest BCUT2D eigenvalue weighted by molar-refractivity contribution is -0.137. The lowest BCUT2D eigenvalue weighted by Gasteiger charge is -2.15. The lowest BCUT2D eigenvalue weighted by atomic mass is 10.1. The summed E-state index contributed by atoms with van der Waals surface area (Å²) < 4.78 is 52.4. The fourth-order valence-electron chi connectivity index (χ4n) is 2.09. The zero-order valence-corrected chi connectivity index (χ0v) is 13.5. The highest BCUT2D eigenvalue weighted by Gasteiger charge is 2.34. The second-order valence-corrected chi connectivity index (χ2v) is 5.31. The van der Waals surface area contributed by atoms with Crippen molar-refractivity contribution in [1.29, 1.82) is 0 Å². The highest BCUT2D eigenvalue weighted by molar-refractivity contribution is 6.02. The zero-order chi connectivity index (χ0) is 19.3. The van der Waals surface area contributed by atoms with Crippen LogP contribution in [0, 0.1) is 5.82 Å². The van der Waals surface area contributed by atoms with Crippen LogP contribution in [0.2, 0.25) is 0 Å². The van der Waals surface area contributed by atoms with Crippen molar-refractivity contribution in [3.05, 3.63) is 65.5 Å². The van der Waals surface area contributed by atoms with Crippen molar-refractivity contribution in [3.63, 3.8) is 0 Å². The number of carbonyl (C=O) groups is 2. The number of rotatable bonds is 4. The third-order valence-corrected chi connectivity index (χ3v) is 3.20. The first-order valence-corrected chi connectivity index (χ1v) is 7.38. The first-order valence-electron chi connectivity index (χ1n) is 7.38. The van der Waals surface area contributed by atoms with E-state index in [2.05, 4.69) is 10.6 Å². The van der Waals surface area contributed by atoms with Crippen LogP contribution >= 0.6 is 0 Å². The summed E-state index contributed by atoms with van der Waals surface area (Å²) in [5.41, 5.74) is -1.06. The molecule has 0 heterocycles. The molecule has 0 atom stereocenters. The molecule has 136 valence electrons. The smallest absolute Gasteiger partial charge is 0.326 e. The normalized spacial score (nSPS) is 11.4. The molecular formula is C18H14F4N2O2. The molecule has 0 radical (unpaired) electrons. The SMILES string of the molecule is CC(=O)Nc1ccc(NC(=O)/C=C/c2ccc(F)cc2)c(C(F)(F)F)c1. The van der Waals surface area contributed by atoms with Gasteiger partial charge in [0.05, 0.1) is 11.3 Å². The molecule has 8 heteroatoms. The molecular weight excluding hydrogens is 352 g/mol. The highest BCUT2D eigenvalue weighted by atomic mass is 19.4. The van der Waals surface area contributed by atoms with Gasteiger partial charge in [0.15, 0.2) is 0 Å². The molecule has 26 heavy (non-hydrogen) atoms. The zero-order valence-electron chi connectivity index (χ0n) is 13.5. The number of benzene rings is 2. The van der Waals surface area contributed by atoms with Crippen LogP contribution in [0.25, 0.3) is 6.08 Å². The molecule has 0 fully saturated rings. The standard InChI is InChI=1S/C18H14F4N2O2/c1-11(25)23-14-7-8-16(15(10-14)18(20,21)22)24-17(26)9-4-12-2-5-13(19)6-3-12/h2-10H,1H3,(H,23,25)(H,24,26)/b9-4+. The van der Waals surface area contributed by atoms with Gasteiger partial charge < -0.3 is 10.6 Å². The number of halogens is 4. The molecule has 2 amide bonds. The van der Waals surface area contributed by atoms with Gasteiger partial charge in [-0.05, 0) is 42.0 Å². The maximum Gasteiger partial charge on any atom is 0.418 e. The lowest BCUT2D eigenvalue weighted by Crippen LogP contribution is -2.16. The van der Waals surface area contributed by atoms with E-state index in [9.17, 15) is 27.2 Å². The van der Waals surface area contributed by atoms with Gasteiger partial charge in [-0.2, -0.15) is 13.2 Å². The Bertz CT molecular complexity index is 843. The molecule has 0 unspecified atom stereocenters. The van der Waals surface area contributed by atoms with Gasteiger partial charge in [0, 0.05) is 18.7 Å². The predicted octanol–water partition coefficient (Wildman–Crippen LogP) is 4.45. The molecule has 0 aliphatic heterocycles. The molecule has 0 aromatic heterocycles. The van der Waals surface area contributed by atoms with Gasteiger partial charge in [0.1, 0.15) is 5.82 Å². The minimum absolute atomic E-state index is 0.0373. The monoisotopic (exact) mass is 366 g/mol. The number of carbonyl (C=O) groups excluding carboxylic acids is 2. The summed E-state index contributed by atoms with van der Waals surface area (Å²) in [6.45, 7) is 1.17. The summed E-state index contributed by atoms with van der Waals surface area (Å²) in [5, 5.41) is 4.40. The van der Waals surface area contributed by atoms with Crippen LogP contribution < -0.4 is 10.6 Å². The third-order valence-electron chi connectivity index (χ3n) is 3.20. The molecule has 4 nitrogen and oxygen atoms in total. The maximum atomic E-state index is 13.2. The molecule has 0 aliphatic carbocycles. The van der Waals surface area contributed by atoms with Crippen LogP contribution in [0.1, 0.15) is 18.1 Å². The van der Waals surface area contributed by atoms with Crippen molar-refractivity contribution in [3.8, 4) is 0 Å². The van der Waals surface area contributed by atoms with Crippen LogP contribution in [0.3, 0.4) is 0 Å². The van der Waals surface area contributed by atoms with Crippen LogP contribution in [0.5, 0.6) is 0 Å². The second-order valence-electron chi connectivity index (χ2n) is 5.31. The van der Waals surface area contributed by atoms with E-state index in [-0.39, 0.29) is 5.69 Å². The molecule has 2 N–H and O–H groups in total. The number of anilines is 2. The van der Waals surface area contributed by atoms with Gasteiger partial charge >= 0.3 is 6.18 Å². The van der Waals surface area contributed by atoms with Crippen molar-refractivity contribution in [2.45, 2.75) is 13.1 Å². The summed E-state index contributed by atoms with van der Waals surface area (Å²) in [7, 11) is 0. The number of nitrogens with one attached hydrogen (secondary N) is 2. The highest BCUT2D eigenvalue weighted by Crippen LogP contribution is 2.36. The van der Waals surface area contributed by atoms with E-state index < -0.39 is 35.1 Å². The summed E-state index contributed by atoms with van der Waals surface area (Å²) in [4.78, 5) is 22.9. The summed E-state index contributed by atoms with van der Waals surface area (Å²) in [6.07, 6.45) is -2.35. The molecule has 0 bridgehead atoms. The van der Waals surface area contributed by atoms with Gasteiger partial charge in [-0.15, -0.1) is 0 Å². The van der Waals surface area contributed by atoms with Gasteiger partial charge in [-0.1, -0.05) is 12.1 Å². The van der Waals surface area contributed by atoms with Crippen molar-refractivity contribution >= 4 is 29.3 Å². The van der Waals surface area contributed by atoms with E-state index in [1.807, 2.05) is 0 Å². The Morgan fingerprint density at radius 1 is 1.00 bits per heavy atom. The van der Waals surface area contributed by atoms with Gasteiger partial charge in [-0.3, -0.25) is 9.59 Å². The van der Waals surface area contributed by atoms with E-state index in [1.54, 1.807) is 0 Å². The average Bonchev–Trinajstić information content (AvgIpc) is 2.54. The van der Waals surface area contributed by atoms with Gasteiger partial charge in [-0.25, -0.2) is 4.39 Å². The minimum atomic E-state index is -4.72. The topological polar surface area (TPSA) is 58.2 Å². The van der Waals surface area contributed by atoms with E-state index in [4.69, 9.17) is 0 Å². The van der Waals surface area contributed by atoms with Crippen LogP contribution in [0.15, 0.2) is 48.5 Å². The van der Waals surface area contributed by atoms with Crippen molar-refractivity contribution in [1.82, 2.24) is 0 Å². The van der Waals surface area contributed by atoms with E-state index in [1.165, 1.54) is 43.3 Å². The Morgan fingerprint density at radius 2 is 1.65 bits per heavy atom. The van der Waals surface area contributed by atoms with E-state index in [0.29, 0.717) is 5.56 Å². The Balaban J connectivity index is 2.20. The maximum absolute atomic E-state index is 13.2. The Hall–Kier alpha value is -3.16. The molecule has 0 spiro atoms. The Kier molecular flexibility index (Phi) is 5.76. The van der Waals surface area contributed by atoms with Crippen molar-refractivity contribution in [2.24, 2.45) is 0 Å². The predicted molar refractivity (Wildman–Crippen MR) is 89.8 cm³/mol. The minimum Gasteiger partial charge on any atom is -0.326 e. The third kappa shape index (κ3) is 5.44. The van der Waals surface area contributed by atoms with Crippen molar-refractivity contribution < 1.29 is 27.2 Å². The molecule has 2 aromatic rings. The van der Waals surface area contributed by atoms with Gasteiger partial charge in [0.2, 0.25) is 11.8 Å². The quantitative estimate of drug-likeness (QED) is 0.620. The van der Waals surface area contributed by atoms with Crippen LogP contribution in [-0.2, 0) is 15.8 Å². The van der Waals surface area contributed by atoms with E-state index in [0.717, 1.165) is 18.2 Å². The fraction of sp³-hybridized carbons (Fsp3) is 0.111. The Morgan fingerprint density at radius 3 is 2.23 bits per heavy atom. The largest absolute Gasteiger partial charge is 0.418 e. The molecule has 2 aromatic carbocycles. The van der Waals surface area contributed by atoms with Crippen LogP contribution in [-0.4, -0.2) is 11.8 Å². The average molecular weight is 366 g/mol. The molecule has 0 aliphatic rings. The van der Waals surface area contributed by atoms with Crippen LogP contribution in [0.4, 0.5) is 28.9 Å². The molecule has 0 saturated carbocycles. The number of hydrogen-bond donors (Lipinski definition) is 2. The number of alkyl halides is 3.